The Bertz CT molecular complexity index is 269. The molecule has 0 amide bonds. The van der Waals surface area contributed by atoms with Crippen LogP contribution in [0.1, 0.15) is 6.92 Å². The number of nitrogens with zero attached hydrogens (tertiary/aromatic N) is 5. The van der Waals surface area contributed by atoms with Gasteiger partial charge < -0.3 is 61.3 Å². The van der Waals surface area contributed by atoms with Crippen LogP contribution in [0.4, 0.5) is 0 Å². The molecule has 0 aliphatic rings. The summed E-state index contributed by atoms with van der Waals surface area (Å²) in [5.74, 6) is 0. The van der Waals surface area contributed by atoms with E-state index in [1.807, 2.05) is 4.93 Å². The van der Waals surface area contributed by atoms with Gasteiger partial charge in [-0.05, 0) is 4.93 Å². The van der Waals surface area contributed by atoms with Crippen LogP contribution in [0.2, 0.25) is 0 Å². The first kappa shape index (κ1) is 49.6. The zero-order valence-corrected chi connectivity index (χ0v) is 18.8. The third kappa shape index (κ3) is 9650. The molecule has 146 valence electrons. The Morgan fingerprint density at radius 3 is 0.760 bits per heavy atom. The van der Waals surface area contributed by atoms with Gasteiger partial charge in [-0.3, -0.25) is 0 Å². The fourth-order valence-electron chi connectivity index (χ4n) is 0. The van der Waals surface area contributed by atoms with Crippen LogP contribution < -0.4 is 0 Å². The summed E-state index contributed by atoms with van der Waals surface area (Å²) in [7, 11) is 0. The summed E-state index contributed by atoms with van der Waals surface area (Å²) >= 11 is 11.7. The van der Waals surface area contributed by atoms with Crippen molar-refractivity contribution in [3.8, 4) is 6.07 Å². The topological polar surface area (TPSA) is 289 Å². The van der Waals surface area contributed by atoms with E-state index in [0.717, 1.165) is 0 Å². The molecule has 0 spiro atoms. The van der Waals surface area contributed by atoms with Gasteiger partial charge in [-0.2, -0.15) is 5.26 Å². The molecule has 0 aromatic heterocycles. The standard InChI is InChI=1S/C2H3N.CH2Cl2.CH3I.Ce.4NO3/c1-2-3;2-1-3;1-2;;4*2-1(3)4/h1H3;1H2;1H3;;;;;/q;;;+4;4*-1. The van der Waals surface area contributed by atoms with Gasteiger partial charge in [0.2, 0.25) is 0 Å². The Kier molecular flexibility index (Phi) is 131. The monoisotopic (exact) mass is 655 g/mol. The number of rotatable bonds is 0. The number of hydrogen-bond acceptors (Lipinski definition) is 13. The van der Waals surface area contributed by atoms with Crippen molar-refractivity contribution >= 4 is 45.8 Å². The minimum atomic E-state index is -1.75. The molecule has 21 heteroatoms. The van der Waals surface area contributed by atoms with E-state index in [9.17, 15) is 0 Å². The molecular weight excluding hydrogens is 648 g/mol. The van der Waals surface area contributed by atoms with Gasteiger partial charge in [-0.15, -0.1) is 23.2 Å². The predicted octanol–water partition coefficient (Wildman–Crippen LogP) is 2.05. The van der Waals surface area contributed by atoms with Crippen LogP contribution in [0.3, 0.4) is 0 Å². The first-order valence-electron chi connectivity index (χ1n) is 3.83. The fraction of sp³-hybridized carbons (Fsp3) is 0.750. The molecule has 0 aliphatic carbocycles. The van der Waals surface area contributed by atoms with Gasteiger partial charge in [-0.25, -0.2) is 0 Å². The minimum absolute atomic E-state index is 0. The number of hydrogen-bond donors (Lipinski definition) is 0. The van der Waals surface area contributed by atoms with E-state index in [4.69, 9.17) is 89.8 Å². The van der Waals surface area contributed by atoms with Crippen LogP contribution in [0, 0.1) is 114 Å². The summed E-state index contributed by atoms with van der Waals surface area (Å²) in [6.45, 7) is 1.43. The maximum Gasteiger partial charge on any atom is 4.00 e. The average Bonchev–Trinajstić information content (AvgIpc) is 2.29. The van der Waals surface area contributed by atoms with Gasteiger partial charge in [-0.1, -0.05) is 22.6 Å². The summed E-state index contributed by atoms with van der Waals surface area (Å²) < 4.78 is 0. The van der Waals surface area contributed by atoms with Gasteiger partial charge in [0.05, 0.1) is 31.8 Å². The second-order valence-electron chi connectivity index (χ2n) is 1.22. The van der Waals surface area contributed by atoms with Crippen molar-refractivity contribution in [2.75, 3.05) is 10.3 Å². The zero-order chi connectivity index (χ0) is 21.7. The van der Waals surface area contributed by atoms with Crippen LogP contribution in [-0.2, 0) is 0 Å². The molecule has 0 bridgehead atoms. The van der Waals surface area contributed by atoms with E-state index >= 15 is 0 Å². The normalized spacial score (nSPS) is 5.12. The summed E-state index contributed by atoms with van der Waals surface area (Å²) in [4.78, 5) is 35.0. The van der Waals surface area contributed by atoms with Crippen molar-refractivity contribution in [1.82, 2.24) is 0 Å². The molecule has 0 fully saturated rings. The number of nitriles is 1. The molecule has 0 N–H and O–H groups in total. The maximum absolute atomic E-state index is 8.25. The van der Waals surface area contributed by atoms with E-state index < -0.39 is 20.3 Å². The molecule has 0 unspecified atom stereocenters. The van der Waals surface area contributed by atoms with Crippen molar-refractivity contribution in [3.63, 3.8) is 0 Å². The van der Waals surface area contributed by atoms with Crippen molar-refractivity contribution in [1.29, 1.82) is 5.26 Å². The molecular formula is C4H8CeCl2IN5O12. The van der Waals surface area contributed by atoms with Gasteiger partial charge in [0.1, 0.15) is 0 Å². The predicted molar refractivity (Wildman–Crippen MR) is 89.2 cm³/mol. The SMILES string of the molecule is CC#N.CI.ClCCl.O=[N+]([O-])[O-].O=[N+]([O-])[O-].O=[N+]([O-])[O-].O=[N+]([O-])[O-].[Ce+4]. The number of halogens is 3. The summed E-state index contributed by atoms with van der Waals surface area (Å²) in [6, 6.07) is 1.75. The quantitative estimate of drug-likeness (QED) is 0.156. The molecule has 0 aromatic rings. The summed E-state index contributed by atoms with van der Waals surface area (Å²) in [5.41, 5.74) is 0. The van der Waals surface area contributed by atoms with E-state index in [1.54, 1.807) is 6.07 Å². The maximum atomic E-state index is 8.25. The van der Waals surface area contributed by atoms with Crippen molar-refractivity contribution < 1.29 is 62.1 Å². The summed E-state index contributed by atoms with van der Waals surface area (Å²) in [5, 5.41) is 66.5. The molecule has 0 rings (SSSR count). The Hall–Kier alpha value is -1.02. The summed E-state index contributed by atoms with van der Waals surface area (Å²) in [6.07, 6.45) is 0. The molecule has 0 saturated heterocycles. The zero-order valence-electron chi connectivity index (χ0n) is 12.0. The van der Waals surface area contributed by atoms with Gasteiger partial charge >= 0.3 is 41.7 Å². The van der Waals surface area contributed by atoms with Gasteiger partial charge in [0.15, 0.2) is 0 Å². The Labute approximate surface area is 196 Å². The van der Waals surface area contributed by atoms with Crippen LogP contribution >= 0.6 is 45.8 Å². The van der Waals surface area contributed by atoms with Crippen LogP contribution in [0.15, 0.2) is 0 Å². The molecule has 0 aliphatic heterocycles. The first-order chi connectivity index (χ1) is 10.8. The van der Waals surface area contributed by atoms with Crippen molar-refractivity contribution in [3.05, 3.63) is 61.3 Å². The molecule has 0 aromatic carbocycles. The Morgan fingerprint density at radius 2 is 0.760 bits per heavy atom. The van der Waals surface area contributed by atoms with Gasteiger partial charge in [0.25, 0.3) is 0 Å². The molecule has 0 radical (unpaired) electrons. The van der Waals surface area contributed by atoms with Crippen LogP contribution in [0.25, 0.3) is 0 Å². The first-order valence-corrected chi connectivity index (χ1v) is 7.05. The molecule has 0 atom stereocenters. The van der Waals surface area contributed by atoms with Crippen molar-refractivity contribution in [2.24, 2.45) is 0 Å². The Balaban J connectivity index is -0.0000000226. The van der Waals surface area contributed by atoms with Crippen LogP contribution in [-0.4, -0.2) is 30.6 Å². The second kappa shape index (κ2) is 65.9. The number of alkyl halides is 3. The van der Waals surface area contributed by atoms with Gasteiger partial charge in [0, 0.05) is 6.92 Å². The smallest absolute Gasteiger partial charge is 0.356 e. The van der Waals surface area contributed by atoms with E-state index in [2.05, 4.69) is 22.6 Å². The van der Waals surface area contributed by atoms with E-state index in [1.165, 1.54) is 6.92 Å². The second-order valence-corrected chi connectivity index (χ2v) is 2.03. The largest absolute Gasteiger partial charge is 4.00 e. The van der Waals surface area contributed by atoms with Crippen molar-refractivity contribution in [2.45, 2.75) is 6.92 Å². The minimum Gasteiger partial charge on any atom is -0.356 e. The van der Waals surface area contributed by atoms with E-state index in [-0.39, 0.29) is 47.1 Å². The third-order valence-electron chi connectivity index (χ3n) is 0. The average molecular weight is 656 g/mol. The van der Waals surface area contributed by atoms with Crippen LogP contribution in [0.5, 0.6) is 0 Å². The molecule has 25 heavy (non-hydrogen) atoms. The fourth-order valence-corrected chi connectivity index (χ4v) is 0. The molecule has 17 nitrogen and oxygen atoms in total. The molecule has 0 saturated carbocycles. The van der Waals surface area contributed by atoms with E-state index in [0.29, 0.717) is 0 Å². The Morgan fingerprint density at radius 1 is 0.760 bits per heavy atom. The third-order valence-corrected chi connectivity index (χ3v) is 0. The molecule has 0 heterocycles.